The summed E-state index contributed by atoms with van der Waals surface area (Å²) >= 11 is 6.28. The summed E-state index contributed by atoms with van der Waals surface area (Å²) in [5, 5.41) is 0.120. The average molecular weight is 558 g/mol. The van der Waals surface area contributed by atoms with Crippen molar-refractivity contribution in [2.45, 2.75) is 57.3 Å². The molecule has 1 aromatic heterocycles. The predicted molar refractivity (Wildman–Crippen MR) is 129 cm³/mol. The lowest BCUT2D eigenvalue weighted by atomic mass is 9.81. The Hall–Kier alpha value is -3.21. The SMILES string of the molecule is CC1(c2cccc(-c3nc(-c4cc(CCC(=O)C(C)(C(F)(F)F)C(F)(F)F)ccc4Cl)[nH]c(=O)n3)c2)CC1. The van der Waals surface area contributed by atoms with Crippen molar-refractivity contribution in [2.24, 2.45) is 5.41 Å². The van der Waals surface area contributed by atoms with Crippen molar-refractivity contribution in [3.63, 3.8) is 0 Å². The van der Waals surface area contributed by atoms with E-state index in [1.165, 1.54) is 18.2 Å². The Labute approximate surface area is 218 Å². The number of nitrogens with one attached hydrogen (secondary N) is 1. The van der Waals surface area contributed by atoms with Crippen molar-refractivity contribution < 1.29 is 31.1 Å². The van der Waals surface area contributed by atoms with E-state index < -0.39 is 42.1 Å². The minimum Gasteiger partial charge on any atom is -0.298 e. The zero-order chi connectivity index (χ0) is 28.1. The minimum atomic E-state index is -5.81. The molecule has 0 aliphatic heterocycles. The van der Waals surface area contributed by atoms with E-state index >= 15 is 0 Å². The number of Topliss-reactive ketones (excluding diaryl/α,β-unsaturated/α-hetero) is 1. The minimum absolute atomic E-state index is 0.0108. The van der Waals surface area contributed by atoms with Crippen LogP contribution in [0.25, 0.3) is 22.8 Å². The predicted octanol–water partition coefficient (Wildman–Crippen LogP) is 6.84. The maximum Gasteiger partial charge on any atom is 0.409 e. The second-order valence-electron chi connectivity index (χ2n) is 9.83. The molecule has 0 radical (unpaired) electrons. The molecule has 0 saturated heterocycles. The summed E-state index contributed by atoms with van der Waals surface area (Å²) in [7, 11) is 0. The number of halogens is 7. The summed E-state index contributed by atoms with van der Waals surface area (Å²) in [5.41, 5.74) is -3.08. The third kappa shape index (κ3) is 5.21. The Morgan fingerprint density at radius 3 is 2.29 bits per heavy atom. The molecule has 1 heterocycles. The highest BCUT2D eigenvalue weighted by Crippen LogP contribution is 2.51. The average Bonchev–Trinajstić information content (AvgIpc) is 3.59. The second kappa shape index (κ2) is 9.52. The number of benzene rings is 2. The van der Waals surface area contributed by atoms with Crippen molar-refractivity contribution in [3.8, 4) is 22.8 Å². The Morgan fingerprint density at radius 1 is 1.03 bits per heavy atom. The molecule has 0 amide bonds. The number of alkyl halides is 6. The van der Waals surface area contributed by atoms with E-state index in [1.807, 2.05) is 18.2 Å². The Balaban J connectivity index is 1.63. The number of aromatic nitrogens is 3. The maximum absolute atomic E-state index is 13.2. The largest absolute Gasteiger partial charge is 0.409 e. The van der Waals surface area contributed by atoms with Gasteiger partial charge < -0.3 is 0 Å². The van der Waals surface area contributed by atoms with E-state index in [0.29, 0.717) is 5.56 Å². The topological polar surface area (TPSA) is 75.7 Å². The standard InChI is InChI=1S/C26H22ClF6N3O2/c1-23(10-11-23)16-5-3-4-15(13-16)20-34-21(36-22(38)35-20)17-12-14(6-8-18(17)27)7-9-19(37)24(2,25(28,29)30)26(31,32)33/h3-6,8,12-13H,7,9-11H2,1-2H3,(H,34,35,36,38). The Bertz CT molecular complexity index is 1430. The summed E-state index contributed by atoms with van der Waals surface area (Å²) in [6.45, 7) is 1.96. The van der Waals surface area contributed by atoms with E-state index in [4.69, 9.17) is 11.6 Å². The first-order valence-corrected chi connectivity index (χ1v) is 12.0. The summed E-state index contributed by atoms with van der Waals surface area (Å²) in [6, 6.07) is 11.5. The van der Waals surface area contributed by atoms with Crippen LogP contribution in [0.3, 0.4) is 0 Å². The molecule has 1 aliphatic carbocycles. The van der Waals surface area contributed by atoms with Crippen LogP contribution in [0.15, 0.2) is 47.3 Å². The van der Waals surface area contributed by atoms with Gasteiger partial charge in [-0.1, -0.05) is 42.8 Å². The monoisotopic (exact) mass is 557 g/mol. The van der Waals surface area contributed by atoms with Gasteiger partial charge in [0.2, 0.25) is 5.41 Å². The number of aromatic amines is 1. The summed E-state index contributed by atoms with van der Waals surface area (Å²) in [6.07, 6.45) is -11.0. The second-order valence-corrected chi connectivity index (χ2v) is 10.2. The lowest BCUT2D eigenvalue weighted by Gasteiger charge is -2.32. The van der Waals surface area contributed by atoms with Crippen molar-refractivity contribution in [2.75, 3.05) is 0 Å². The third-order valence-corrected chi connectivity index (χ3v) is 7.42. The number of rotatable bonds is 7. The zero-order valence-electron chi connectivity index (χ0n) is 20.2. The smallest absolute Gasteiger partial charge is 0.298 e. The number of H-pyrrole nitrogens is 1. The fourth-order valence-corrected chi connectivity index (χ4v) is 4.25. The van der Waals surface area contributed by atoms with Gasteiger partial charge in [-0.25, -0.2) is 9.78 Å². The fourth-order valence-electron chi connectivity index (χ4n) is 4.04. The molecular weight excluding hydrogens is 536 g/mol. The van der Waals surface area contributed by atoms with Crippen molar-refractivity contribution in [1.82, 2.24) is 15.0 Å². The number of nitrogens with zero attached hydrogens (tertiary/aromatic N) is 2. The molecule has 0 atom stereocenters. The summed E-state index contributed by atoms with van der Waals surface area (Å²) in [5.74, 6) is -1.87. The van der Waals surface area contributed by atoms with E-state index in [0.717, 1.165) is 18.4 Å². The van der Waals surface area contributed by atoms with Gasteiger partial charge in [-0.05, 0) is 60.9 Å². The Morgan fingerprint density at radius 2 is 1.68 bits per heavy atom. The molecule has 3 aromatic rings. The lowest BCUT2D eigenvalue weighted by Crippen LogP contribution is -2.53. The van der Waals surface area contributed by atoms with Crippen LogP contribution < -0.4 is 5.69 Å². The lowest BCUT2D eigenvalue weighted by molar-refractivity contribution is -0.318. The van der Waals surface area contributed by atoms with Crippen molar-refractivity contribution in [3.05, 3.63) is 69.1 Å². The van der Waals surface area contributed by atoms with Gasteiger partial charge in [0.15, 0.2) is 11.6 Å². The van der Waals surface area contributed by atoms with Crippen LogP contribution in [0.5, 0.6) is 0 Å². The first-order valence-electron chi connectivity index (χ1n) is 11.6. The maximum atomic E-state index is 13.2. The summed E-state index contributed by atoms with van der Waals surface area (Å²) < 4.78 is 79.3. The van der Waals surface area contributed by atoms with Crippen LogP contribution >= 0.6 is 11.6 Å². The molecule has 202 valence electrons. The van der Waals surface area contributed by atoms with E-state index in [2.05, 4.69) is 21.9 Å². The molecule has 1 saturated carbocycles. The molecule has 12 heteroatoms. The molecule has 0 unspecified atom stereocenters. The van der Waals surface area contributed by atoms with Crippen LogP contribution in [0.2, 0.25) is 5.02 Å². The first-order chi connectivity index (χ1) is 17.5. The van der Waals surface area contributed by atoms with Crippen LogP contribution in [0.1, 0.15) is 44.2 Å². The van der Waals surface area contributed by atoms with Crippen LogP contribution in [0, 0.1) is 5.41 Å². The van der Waals surface area contributed by atoms with Gasteiger partial charge in [-0.3, -0.25) is 9.78 Å². The molecule has 0 spiro atoms. The number of ketones is 1. The number of hydrogen-bond donors (Lipinski definition) is 1. The van der Waals surface area contributed by atoms with E-state index in [1.54, 1.807) is 6.07 Å². The molecule has 38 heavy (non-hydrogen) atoms. The van der Waals surface area contributed by atoms with Gasteiger partial charge in [0, 0.05) is 17.5 Å². The zero-order valence-corrected chi connectivity index (χ0v) is 21.0. The van der Waals surface area contributed by atoms with E-state index in [-0.39, 0.29) is 40.1 Å². The molecule has 2 aromatic carbocycles. The van der Waals surface area contributed by atoms with Gasteiger partial charge in [-0.15, -0.1) is 0 Å². The van der Waals surface area contributed by atoms with Crippen LogP contribution in [0.4, 0.5) is 26.3 Å². The highest BCUT2D eigenvalue weighted by atomic mass is 35.5. The summed E-state index contributed by atoms with van der Waals surface area (Å²) in [4.78, 5) is 35.3. The van der Waals surface area contributed by atoms with E-state index in [9.17, 15) is 35.9 Å². The van der Waals surface area contributed by atoms with Gasteiger partial charge in [-0.2, -0.15) is 31.3 Å². The number of carbonyl (C=O) groups is 1. The van der Waals surface area contributed by atoms with Crippen molar-refractivity contribution in [1.29, 1.82) is 0 Å². The Kier molecular flexibility index (Phi) is 6.97. The molecule has 1 fully saturated rings. The molecular formula is C26H22ClF6N3O2. The van der Waals surface area contributed by atoms with Crippen molar-refractivity contribution >= 4 is 17.4 Å². The van der Waals surface area contributed by atoms with Crippen LogP contribution in [-0.4, -0.2) is 33.1 Å². The fraction of sp³-hybridized carbons (Fsp3) is 0.385. The van der Waals surface area contributed by atoms with Crippen LogP contribution in [-0.2, 0) is 16.6 Å². The highest BCUT2D eigenvalue weighted by molar-refractivity contribution is 6.33. The quantitative estimate of drug-likeness (QED) is 0.323. The molecule has 1 N–H and O–H groups in total. The molecule has 4 rings (SSSR count). The molecule has 1 aliphatic rings. The van der Waals surface area contributed by atoms with Gasteiger partial charge in [0.1, 0.15) is 5.82 Å². The number of aryl methyl sites for hydroxylation is 1. The number of carbonyl (C=O) groups excluding carboxylic acids is 1. The normalized spacial score (nSPS) is 15.4. The highest BCUT2D eigenvalue weighted by Gasteiger charge is 2.71. The van der Waals surface area contributed by atoms with Gasteiger partial charge in [0.25, 0.3) is 0 Å². The third-order valence-electron chi connectivity index (χ3n) is 7.09. The number of hydrogen-bond acceptors (Lipinski definition) is 4. The molecule has 0 bridgehead atoms. The van der Waals surface area contributed by atoms with Gasteiger partial charge >= 0.3 is 18.0 Å². The first kappa shape index (κ1) is 27.8. The van der Waals surface area contributed by atoms with Gasteiger partial charge in [0.05, 0.1) is 5.02 Å². The molecule has 5 nitrogen and oxygen atoms in total.